The molecule has 0 bridgehead atoms. The molecule has 1 saturated heterocycles. The van der Waals surface area contributed by atoms with E-state index in [4.69, 9.17) is 0 Å². The van der Waals surface area contributed by atoms with E-state index in [2.05, 4.69) is 20.8 Å². The molecule has 2 atom stereocenters. The Balaban J connectivity index is 1.78. The number of nitrogens with zero attached hydrogens (tertiary/aromatic N) is 1. The Morgan fingerprint density at radius 3 is 2.39 bits per heavy atom. The zero-order valence-electron chi connectivity index (χ0n) is 14.1. The summed E-state index contributed by atoms with van der Waals surface area (Å²) < 4.78 is 0. The number of benzene rings is 1. The first-order chi connectivity index (χ1) is 10.7. The van der Waals surface area contributed by atoms with Crippen LogP contribution in [0.25, 0.3) is 0 Å². The van der Waals surface area contributed by atoms with Crippen LogP contribution in [0.15, 0.2) is 24.3 Å². The van der Waals surface area contributed by atoms with Crippen molar-refractivity contribution >= 4 is 11.9 Å². The number of carboxylic acid groups (broad SMARTS) is 1. The molecule has 1 saturated carbocycles. The van der Waals surface area contributed by atoms with Crippen LogP contribution in [0.1, 0.15) is 56.0 Å². The number of carbonyl (C=O) groups is 2. The van der Waals surface area contributed by atoms with Gasteiger partial charge in [0.1, 0.15) is 0 Å². The first-order valence-corrected chi connectivity index (χ1v) is 8.37. The van der Waals surface area contributed by atoms with Crippen molar-refractivity contribution in [2.24, 2.45) is 11.3 Å². The summed E-state index contributed by atoms with van der Waals surface area (Å²) >= 11 is 0. The highest BCUT2D eigenvalue weighted by Gasteiger charge is 2.55. The van der Waals surface area contributed by atoms with Crippen LogP contribution < -0.4 is 0 Å². The molecule has 0 spiro atoms. The molecule has 2 fully saturated rings. The third kappa shape index (κ3) is 2.64. The second-order valence-electron chi connectivity index (χ2n) is 8.06. The number of carboxylic acids is 1. The molecule has 0 aromatic heterocycles. The molecule has 1 aromatic rings. The van der Waals surface area contributed by atoms with Crippen LogP contribution in [0.2, 0.25) is 0 Å². The van der Waals surface area contributed by atoms with Crippen molar-refractivity contribution in [3.63, 3.8) is 0 Å². The molecule has 0 unspecified atom stereocenters. The predicted molar refractivity (Wildman–Crippen MR) is 88.5 cm³/mol. The van der Waals surface area contributed by atoms with Gasteiger partial charge in [-0.1, -0.05) is 39.3 Å². The third-order valence-corrected chi connectivity index (χ3v) is 5.58. The standard InChI is InChI=1S/C19H25NO3/c1-18(2,3)14-8-6-13(7-9-14)16(21)20-11-15-5-4-10-19(15,12-20)17(22)23/h6-9,15H,4-5,10-12H2,1-3H3,(H,22,23)/t15-,19+/m0/s1. The predicted octanol–water partition coefficient (Wildman–Crippen LogP) is 3.31. The molecular formula is C19H25NO3. The van der Waals surface area contributed by atoms with Crippen LogP contribution >= 0.6 is 0 Å². The summed E-state index contributed by atoms with van der Waals surface area (Å²) in [7, 11) is 0. The van der Waals surface area contributed by atoms with Crippen LogP contribution in [0.4, 0.5) is 0 Å². The Morgan fingerprint density at radius 1 is 1.22 bits per heavy atom. The summed E-state index contributed by atoms with van der Waals surface area (Å²) in [4.78, 5) is 26.2. The topological polar surface area (TPSA) is 57.6 Å². The number of hydrogen-bond acceptors (Lipinski definition) is 2. The molecule has 4 nitrogen and oxygen atoms in total. The summed E-state index contributed by atoms with van der Waals surface area (Å²) in [5, 5.41) is 9.63. The molecule has 4 heteroatoms. The molecule has 1 heterocycles. The molecule has 124 valence electrons. The van der Waals surface area contributed by atoms with Gasteiger partial charge in [0.2, 0.25) is 0 Å². The maximum atomic E-state index is 12.7. The average Bonchev–Trinajstić information content (AvgIpc) is 3.03. The van der Waals surface area contributed by atoms with Crippen LogP contribution in [-0.2, 0) is 10.2 Å². The minimum atomic E-state index is -0.738. The summed E-state index contributed by atoms with van der Waals surface area (Å²) in [6.07, 6.45) is 2.57. The molecule has 3 rings (SSSR count). The van der Waals surface area contributed by atoms with Crippen molar-refractivity contribution in [3.05, 3.63) is 35.4 Å². The third-order valence-electron chi connectivity index (χ3n) is 5.58. The molecule has 1 N–H and O–H groups in total. The molecular weight excluding hydrogens is 290 g/mol. The summed E-state index contributed by atoms with van der Waals surface area (Å²) in [6, 6.07) is 7.73. The second-order valence-corrected chi connectivity index (χ2v) is 8.06. The van der Waals surface area contributed by atoms with E-state index in [0.717, 1.165) is 12.8 Å². The van der Waals surface area contributed by atoms with Gasteiger partial charge in [-0.15, -0.1) is 0 Å². The Bertz CT molecular complexity index is 629. The maximum absolute atomic E-state index is 12.7. The number of rotatable bonds is 2. The van der Waals surface area contributed by atoms with E-state index in [1.807, 2.05) is 24.3 Å². The van der Waals surface area contributed by atoms with E-state index in [-0.39, 0.29) is 17.2 Å². The largest absolute Gasteiger partial charge is 0.481 e. The van der Waals surface area contributed by atoms with Crippen molar-refractivity contribution < 1.29 is 14.7 Å². The van der Waals surface area contributed by atoms with Crippen LogP contribution in [0.5, 0.6) is 0 Å². The van der Waals surface area contributed by atoms with E-state index in [1.165, 1.54) is 5.56 Å². The number of hydrogen-bond donors (Lipinski definition) is 1. The lowest BCUT2D eigenvalue weighted by Gasteiger charge is -2.23. The molecule has 1 aliphatic heterocycles. The summed E-state index contributed by atoms with van der Waals surface area (Å²) in [5.41, 5.74) is 1.19. The van der Waals surface area contributed by atoms with Gasteiger partial charge in [0.15, 0.2) is 0 Å². The van der Waals surface area contributed by atoms with E-state index >= 15 is 0 Å². The highest BCUT2D eigenvalue weighted by Crippen LogP contribution is 2.49. The normalized spacial score (nSPS) is 27.1. The minimum absolute atomic E-state index is 0.0412. The monoisotopic (exact) mass is 315 g/mol. The van der Waals surface area contributed by atoms with Gasteiger partial charge >= 0.3 is 5.97 Å². The molecule has 23 heavy (non-hydrogen) atoms. The van der Waals surface area contributed by atoms with E-state index in [0.29, 0.717) is 25.1 Å². The Labute approximate surface area is 137 Å². The number of fused-ring (bicyclic) bond motifs is 1. The van der Waals surface area contributed by atoms with Gasteiger partial charge in [0, 0.05) is 18.7 Å². The molecule has 1 amide bonds. The first-order valence-electron chi connectivity index (χ1n) is 8.37. The highest BCUT2D eigenvalue weighted by molar-refractivity contribution is 5.95. The fourth-order valence-corrected chi connectivity index (χ4v) is 4.09. The van der Waals surface area contributed by atoms with Crippen molar-refractivity contribution in [3.8, 4) is 0 Å². The van der Waals surface area contributed by atoms with Gasteiger partial charge in [-0.2, -0.15) is 0 Å². The lowest BCUT2D eigenvalue weighted by atomic mass is 9.81. The zero-order chi connectivity index (χ0) is 16.8. The van der Waals surface area contributed by atoms with Gasteiger partial charge in [-0.3, -0.25) is 9.59 Å². The van der Waals surface area contributed by atoms with Crippen molar-refractivity contribution in [1.29, 1.82) is 0 Å². The Morgan fingerprint density at radius 2 is 1.87 bits per heavy atom. The second kappa shape index (κ2) is 5.36. The Hall–Kier alpha value is -1.84. The molecule has 2 aliphatic rings. The fourth-order valence-electron chi connectivity index (χ4n) is 4.09. The van der Waals surface area contributed by atoms with Gasteiger partial charge in [0.25, 0.3) is 5.91 Å². The summed E-state index contributed by atoms with van der Waals surface area (Å²) in [6.45, 7) is 7.35. The number of amides is 1. The molecule has 1 aromatic carbocycles. The van der Waals surface area contributed by atoms with Gasteiger partial charge in [-0.25, -0.2) is 0 Å². The lowest BCUT2D eigenvalue weighted by molar-refractivity contribution is -0.149. The molecule has 0 radical (unpaired) electrons. The van der Waals surface area contributed by atoms with Crippen molar-refractivity contribution in [2.75, 3.05) is 13.1 Å². The average molecular weight is 315 g/mol. The van der Waals surface area contributed by atoms with Crippen LogP contribution in [0.3, 0.4) is 0 Å². The highest BCUT2D eigenvalue weighted by atomic mass is 16.4. The maximum Gasteiger partial charge on any atom is 0.311 e. The van der Waals surface area contributed by atoms with Crippen LogP contribution in [0, 0.1) is 11.3 Å². The van der Waals surface area contributed by atoms with Crippen LogP contribution in [-0.4, -0.2) is 35.0 Å². The van der Waals surface area contributed by atoms with E-state index in [1.54, 1.807) is 4.90 Å². The first kappa shape index (κ1) is 16.0. The van der Waals surface area contributed by atoms with Gasteiger partial charge < -0.3 is 10.0 Å². The Kier molecular flexibility index (Phi) is 3.74. The number of aliphatic carboxylic acids is 1. The SMILES string of the molecule is CC(C)(C)c1ccc(C(=O)N2C[C@@H]3CCC[C@@]3(C(=O)O)C2)cc1. The molecule has 1 aliphatic carbocycles. The smallest absolute Gasteiger partial charge is 0.311 e. The summed E-state index contributed by atoms with van der Waals surface area (Å²) in [5.74, 6) is -0.670. The van der Waals surface area contributed by atoms with E-state index in [9.17, 15) is 14.7 Å². The van der Waals surface area contributed by atoms with Crippen molar-refractivity contribution in [1.82, 2.24) is 4.90 Å². The quantitative estimate of drug-likeness (QED) is 0.911. The number of likely N-dealkylation sites (tertiary alicyclic amines) is 1. The van der Waals surface area contributed by atoms with E-state index < -0.39 is 11.4 Å². The fraction of sp³-hybridized carbons (Fsp3) is 0.579. The van der Waals surface area contributed by atoms with Gasteiger partial charge in [0.05, 0.1) is 5.41 Å². The van der Waals surface area contributed by atoms with Crippen molar-refractivity contribution in [2.45, 2.75) is 45.4 Å². The van der Waals surface area contributed by atoms with Gasteiger partial charge in [-0.05, 0) is 41.9 Å². The minimum Gasteiger partial charge on any atom is -0.481 e. The lowest BCUT2D eigenvalue weighted by Crippen LogP contribution is -2.37. The zero-order valence-corrected chi connectivity index (χ0v) is 14.1. The number of carbonyl (C=O) groups excluding carboxylic acids is 1.